The smallest absolute Gasteiger partial charge is 0.192 e. The highest BCUT2D eigenvalue weighted by Crippen LogP contribution is 2.38. The molecule has 0 radical (unpaired) electrons. The summed E-state index contributed by atoms with van der Waals surface area (Å²) in [6.07, 6.45) is 8.62. The fraction of sp³-hybridized carbons (Fsp3) is 0.476. The fourth-order valence-electron chi connectivity index (χ4n) is 3.95. The maximum absolute atomic E-state index is 12.5. The van der Waals surface area contributed by atoms with E-state index in [-0.39, 0.29) is 12.2 Å². The zero-order chi connectivity index (χ0) is 20.2. The minimum Gasteiger partial charge on any atom is -0.361 e. The molecule has 7 nitrogen and oxygen atoms in total. The van der Waals surface area contributed by atoms with Crippen LogP contribution in [0.2, 0.25) is 0 Å². The monoisotopic (exact) mass is 411 g/mol. The number of hydrogen-bond donors (Lipinski definition) is 0. The molecule has 8 heteroatoms. The van der Waals surface area contributed by atoms with Crippen LogP contribution in [-0.4, -0.2) is 36.4 Å². The van der Waals surface area contributed by atoms with Crippen LogP contribution in [0, 0.1) is 12.8 Å². The molecule has 0 aromatic carbocycles. The number of nitrogens with zero attached hydrogens (tertiary/aromatic N) is 5. The fourth-order valence-corrected chi connectivity index (χ4v) is 4.80. The van der Waals surface area contributed by atoms with Gasteiger partial charge in [0.25, 0.3) is 0 Å². The van der Waals surface area contributed by atoms with Gasteiger partial charge in [-0.05, 0) is 37.8 Å². The van der Waals surface area contributed by atoms with Gasteiger partial charge in [0.15, 0.2) is 11.0 Å². The van der Waals surface area contributed by atoms with Crippen molar-refractivity contribution in [1.82, 2.24) is 24.9 Å². The molecule has 0 saturated heterocycles. The summed E-state index contributed by atoms with van der Waals surface area (Å²) in [4.78, 5) is 16.7. The number of thioether (sulfide) groups is 1. The lowest BCUT2D eigenvalue weighted by Gasteiger charge is -2.31. The number of hydrogen-bond acceptors (Lipinski definition) is 7. The Morgan fingerprint density at radius 3 is 2.90 bits per heavy atom. The van der Waals surface area contributed by atoms with Gasteiger partial charge in [0.05, 0.1) is 17.9 Å². The van der Waals surface area contributed by atoms with E-state index >= 15 is 0 Å². The number of pyridine rings is 1. The van der Waals surface area contributed by atoms with E-state index in [9.17, 15) is 4.79 Å². The van der Waals surface area contributed by atoms with Crippen molar-refractivity contribution >= 4 is 17.5 Å². The molecule has 0 amide bonds. The second-order valence-corrected chi connectivity index (χ2v) is 8.62. The standard InChI is InChI=1S/C21H25N5O2S/c1-14-6-3-4-8-19(14)26-20(16-7-5-9-22-12-16)23-24-21(26)29-13-18(27)11-17-10-15(2)28-25-17/h5,7,9-10,12,14,19H,3-4,6,8,11,13H2,1-2H3. The molecular weight excluding hydrogens is 386 g/mol. The molecule has 4 rings (SSSR count). The summed E-state index contributed by atoms with van der Waals surface area (Å²) < 4.78 is 7.28. The van der Waals surface area contributed by atoms with E-state index in [1.165, 1.54) is 31.0 Å². The normalized spacial score (nSPS) is 19.4. The van der Waals surface area contributed by atoms with Gasteiger partial charge < -0.3 is 4.52 Å². The lowest BCUT2D eigenvalue weighted by molar-refractivity contribution is -0.116. The first-order valence-electron chi connectivity index (χ1n) is 10.0. The quantitative estimate of drug-likeness (QED) is 0.536. The van der Waals surface area contributed by atoms with Crippen molar-refractivity contribution in [1.29, 1.82) is 0 Å². The summed E-state index contributed by atoms with van der Waals surface area (Å²) >= 11 is 1.45. The molecule has 0 N–H and O–H groups in total. The van der Waals surface area contributed by atoms with Crippen LogP contribution >= 0.6 is 11.8 Å². The van der Waals surface area contributed by atoms with E-state index in [1.807, 2.05) is 25.3 Å². The zero-order valence-electron chi connectivity index (χ0n) is 16.7. The van der Waals surface area contributed by atoms with Gasteiger partial charge >= 0.3 is 0 Å². The molecular formula is C21H25N5O2S. The average Bonchev–Trinajstić information content (AvgIpc) is 3.33. The third-order valence-electron chi connectivity index (χ3n) is 5.40. The van der Waals surface area contributed by atoms with Gasteiger partial charge in [-0.25, -0.2) is 0 Å². The number of carbonyl (C=O) groups is 1. The second-order valence-electron chi connectivity index (χ2n) is 7.68. The van der Waals surface area contributed by atoms with Gasteiger partial charge in [-0.1, -0.05) is 36.7 Å². The molecule has 3 aromatic heterocycles. The van der Waals surface area contributed by atoms with Crippen LogP contribution in [-0.2, 0) is 11.2 Å². The molecule has 2 unspecified atom stereocenters. The summed E-state index contributed by atoms with van der Waals surface area (Å²) in [5.41, 5.74) is 1.63. The lowest BCUT2D eigenvalue weighted by atomic mass is 9.85. The summed E-state index contributed by atoms with van der Waals surface area (Å²) in [5.74, 6) is 2.52. The molecule has 1 saturated carbocycles. The highest BCUT2D eigenvalue weighted by molar-refractivity contribution is 7.99. The van der Waals surface area contributed by atoms with E-state index in [2.05, 4.69) is 31.8 Å². The Morgan fingerprint density at radius 1 is 1.31 bits per heavy atom. The van der Waals surface area contributed by atoms with Crippen molar-refractivity contribution in [3.8, 4) is 11.4 Å². The first kappa shape index (κ1) is 19.8. The van der Waals surface area contributed by atoms with E-state index in [1.54, 1.807) is 12.3 Å². The largest absolute Gasteiger partial charge is 0.361 e. The predicted molar refractivity (Wildman–Crippen MR) is 111 cm³/mol. The Kier molecular flexibility index (Phi) is 6.08. The van der Waals surface area contributed by atoms with Gasteiger partial charge in [-0.15, -0.1) is 10.2 Å². The van der Waals surface area contributed by atoms with Crippen molar-refractivity contribution in [2.75, 3.05) is 5.75 Å². The van der Waals surface area contributed by atoms with E-state index in [4.69, 9.17) is 4.52 Å². The van der Waals surface area contributed by atoms with Crippen LogP contribution in [0.15, 0.2) is 40.3 Å². The van der Waals surface area contributed by atoms with Gasteiger partial charge in [0.1, 0.15) is 11.5 Å². The van der Waals surface area contributed by atoms with Gasteiger partial charge in [0.2, 0.25) is 0 Å². The Morgan fingerprint density at radius 2 is 2.17 bits per heavy atom. The van der Waals surface area contributed by atoms with Crippen LogP contribution in [0.3, 0.4) is 0 Å². The average molecular weight is 412 g/mol. The number of aromatic nitrogens is 5. The molecule has 3 aromatic rings. The molecule has 0 spiro atoms. The third kappa shape index (κ3) is 4.58. The SMILES string of the molecule is Cc1cc(CC(=O)CSc2nnc(-c3cccnc3)n2C2CCCCC2C)no1. The van der Waals surface area contributed by atoms with Gasteiger partial charge in [0, 0.05) is 30.1 Å². The highest BCUT2D eigenvalue weighted by Gasteiger charge is 2.29. The minimum absolute atomic E-state index is 0.0949. The first-order valence-corrected chi connectivity index (χ1v) is 11.0. The van der Waals surface area contributed by atoms with Crippen molar-refractivity contribution < 1.29 is 9.32 Å². The predicted octanol–water partition coefficient (Wildman–Crippen LogP) is 4.29. The first-order chi connectivity index (χ1) is 14.1. The van der Waals surface area contributed by atoms with Crippen molar-refractivity contribution in [2.24, 2.45) is 5.92 Å². The Balaban J connectivity index is 1.56. The van der Waals surface area contributed by atoms with Gasteiger partial charge in [-0.3, -0.25) is 14.3 Å². The van der Waals surface area contributed by atoms with Crippen LogP contribution in [0.5, 0.6) is 0 Å². The number of carbonyl (C=O) groups excluding carboxylic acids is 1. The van der Waals surface area contributed by atoms with Crippen LogP contribution in [0.4, 0.5) is 0 Å². The van der Waals surface area contributed by atoms with Crippen molar-refractivity contribution in [3.63, 3.8) is 0 Å². The van der Waals surface area contributed by atoms with Crippen LogP contribution in [0.25, 0.3) is 11.4 Å². The molecule has 0 bridgehead atoms. The maximum atomic E-state index is 12.5. The topological polar surface area (TPSA) is 86.7 Å². The number of ketones is 1. The van der Waals surface area contributed by atoms with Crippen LogP contribution < -0.4 is 0 Å². The van der Waals surface area contributed by atoms with E-state index < -0.39 is 0 Å². The molecule has 1 fully saturated rings. The second kappa shape index (κ2) is 8.90. The summed E-state index contributed by atoms with van der Waals surface area (Å²) in [6, 6.07) is 6.06. The molecule has 1 aliphatic rings. The molecule has 29 heavy (non-hydrogen) atoms. The van der Waals surface area contributed by atoms with Crippen LogP contribution in [0.1, 0.15) is 50.1 Å². The van der Waals surface area contributed by atoms with Crippen molar-refractivity contribution in [3.05, 3.63) is 42.0 Å². The van der Waals surface area contributed by atoms with Gasteiger partial charge in [-0.2, -0.15) is 0 Å². The number of aryl methyl sites for hydroxylation is 1. The molecule has 0 aliphatic heterocycles. The Hall–Kier alpha value is -2.48. The summed E-state index contributed by atoms with van der Waals surface area (Å²) in [5, 5.41) is 13.6. The summed E-state index contributed by atoms with van der Waals surface area (Å²) in [7, 11) is 0. The Labute approximate surface area is 174 Å². The highest BCUT2D eigenvalue weighted by atomic mass is 32.2. The maximum Gasteiger partial charge on any atom is 0.192 e. The number of rotatable bonds is 7. The van der Waals surface area contributed by atoms with E-state index in [0.717, 1.165) is 23.0 Å². The molecule has 2 atom stereocenters. The lowest BCUT2D eigenvalue weighted by Crippen LogP contribution is -2.23. The minimum atomic E-state index is 0.0949. The molecule has 1 aliphatic carbocycles. The van der Waals surface area contributed by atoms with E-state index in [0.29, 0.717) is 29.2 Å². The Bertz CT molecular complexity index is 969. The zero-order valence-corrected chi connectivity index (χ0v) is 17.6. The van der Waals surface area contributed by atoms with Crippen molar-refractivity contribution in [2.45, 2.75) is 57.1 Å². The third-order valence-corrected chi connectivity index (χ3v) is 6.40. The summed E-state index contributed by atoms with van der Waals surface area (Å²) in [6.45, 7) is 4.12. The molecule has 152 valence electrons. The molecule has 3 heterocycles. The number of Topliss-reactive ketones (excluding diaryl/α,β-unsaturated/α-hetero) is 1.